The van der Waals surface area contributed by atoms with E-state index < -0.39 is 11.4 Å². The number of carbonyl (C=O) groups is 2. The van der Waals surface area contributed by atoms with Crippen LogP contribution < -0.4 is 5.32 Å². The maximum atomic E-state index is 11.7. The molecule has 0 bridgehead atoms. The first-order valence-corrected chi connectivity index (χ1v) is 7.68. The average Bonchev–Trinajstić information content (AvgIpc) is 2.46. The monoisotopic (exact) mass is 285 g/mol. The molecule has 0 atom stereocenters. The lowest BCUT2D eigenvalue weighted by atomic mass is 9.80. The molecule has 0 spiro atoms. The van der Waals surface area contributed by atoms with Crippen LogP contribution in [0.4, 0.5) is 0 Å². The summed E-state index contributed by atoms with van der Waals surface area (Å²) in [6, 6.07) is 0. The molecule has 0 saturated carbocycles. The summed E-state index contributed by atoms with van der Waals surface area (Å²) in [5, 5.41) is 12.2. The summed E-state index contributed by atoms with van der Waals surface area (Å²) in [6.07, 6.45) is 6.96. The Bertz CT molecular complexity index is 311. The van der Waals surface area contributed by atoms with Crippen LogP contribution >= 0.6 is 0 Å². The standard InChI is InChI=1S/C15H27NO4/c1-2-3-4-5-6-7-13(17)16-12-15(14(18)19)8-10-20-11-9-15/h2-12H2,1H3,(H,16,17)(H,18,19). The van der Waals surface area contributed by atoms with Gasteiger partial charge in [0.2, 0.25) is 5.91 Å². The summed E-state index contributed by atoms with van der Waals surface area (Å²) < 4.78 is 5.21. The van der Waals surface area contributed by atoms with E-state index in [1.807, 2.05) is 0 Å². The number of ether oxygens (including phenoxy) is 1. The lowest BCUT2D eigenvalue weighted by Gasteiger charge is -2.33. The molecule has 5 nitrogen and oxygen atoms in total. The molecule has 0 aromatic heterocycles. The first-order valence-electron chi connectivity index (χ1n) is 7.68. The molecule has 1 amide bonds. The van der Waals surface area contributed by atoms with E-state index in [1.54, 1.807) is 0 Å². The molecule has 1 saturated heterocycles. The van der Waals surface area contributed by atoms with Crippen molar-refractivity contribution in [2.24, 2.45) is 5.41 Å². The fourth-order valence-electron chi connectivity index (χ4n) is 2.47. The molecule has 116 valence electrons. The van der Waals surface area contributed by atoms with Gasteiger partial charge in [0.05, 0.1) is 5.41 Å². The average molecular weight is 285 g/mol. The molecule has 2 N–H and O–H groups in total. The maximum absolute atomic E-state index is 11.7. The summed E-state index contributed by atoms with van der Waals surface area (Å²) in [6.45, 7) is 3.30. The van der Waals surface area contributed by atoms with Crippen molar-refractivity contribution in [3.63, 3.8) is 0 Å². The summed E-state index contributed by atoms with van der Waals surface area (Å²) in [5.41, 5.74) is -0.837. The SMILES string of the molecule is CCCCCCCC(=O)NCC1(C(=O)O)CCOCC1. The van der Waals surface area contributed by atoms with Gasteiger partial charge in [0.25, 0.3) is 0 Å². The molecule has 1 rings (SSSR count). The zero-order chi connectivity index (χ0) is 14.8. The minimum Gasteiger partial charge on any atom is -0.481 e. The van der Waals surface area contributed by atoms with Crippen molar-refractivity contribution in [3.05, 3.63) is 0 Å². The zero-order valence-electron chi connectivity index (χ0n) is 12.5. The first kappa shape index (κ1) is 17.0. The topological polar surface area (TPSA) is 75.6 Å². The minimum atomic E-state index is -0.837. The van der Waals surface area contributed by atoms with Crippen molar-refractivity contribution in [3.8, 4) is 0 Å². The van der Waals surface area contributed by atoms with E-state index in [0.717, 1.165) is 12.8 Å². The largest absolute Gasteiger partial charge is 0.481 e. The third-order valence-corrected chi connectivity index (χ3v) is 4.03. The molecule has 1 aliphatic rings. The number of unbranched alkanes of at least 4 members (excludes halogenated alkanes) is 4. The van der Waals surface area contributed by atoms with Gasteiger partial charge in [0.15, 0.2) is 0 Å². The Balaban J connectivity index is 2.25. The van der Waals surface area contributed by atoms with Crippen molar-refractivity contribution in [1.29, 1.82) is 0 Å². The van der Waals surface area contributed by atoms with Crippen LogP contribution in [0.25, 0.3) is 0 Å². The summed E-state index contributed by atoms with van der Waals surface area (Å²) in [4.78, 5) is 23.2. The van der Waals surface area contributed by atoms with Crippen LogP contribution in [-0.2, 0) is 14.3 Å². The molecule has 0 unspecified atom stereocenters. The zero-order valence-corrected chi connectivity index (χ0v) is 12.5. The molecule has 0 radical (unpaired) electrons. The van der Waals surface area contributed by atoms with E-state index in [9.17, 15) is 14.7 Å². The molecule has 0 aromatic carbocycles. The molecule has 5 heteroatoms. The lowest BCUT2D eigenvalue weighted by Crippen LogP contribution is -2.46. The predicted molar refractivity (Wildman–Crippen MR) is 76.5 cm³/mol. The van der Waals surface area contributed by atoms with E-state index in [2.05, 4.69) is 12.2 Å². The molecule has 0 aromatic rings. The Hall–Kier alpha value is -1.10. The summed E-state index contributed by atoms with van der Waals surface area (Å²) in [5.74, 6) is -0.863. The molecule has 1 fully saturated rings. The van der Waals surface area contributed by atoms with E-state index in [-0.39, 0.29) is 12.5 Å². The van der Waals surface area contributed by atoms with Crippen molar-refractivity contribution in [2.45, 2.75) is 58.3 Å². The lowest BCUT2D eigenvalue weighted by molar-refractivity contribution is -0.154. The normalized spacial score (nSPS) is 17.6. The van der Waals surface area contributed by atoms with Gasteiger partial charge >= 0.3 is 5.97 Å². The Labute approximate surface area is 121 Å². The van der Waals surface area contributed by atoms with Crippen LogP contribution in [0.3, 0.4) is 0 Å². The summed E-state index contributed by atoms with van der Waals surface area (Å²) >= 11 is 0. The number of aliphatic carboxylic acids is 1. The fraction of sp³-hybridized carbons (Fsp3) is 0.867. The minimum absolute atomic E-state index is 0.0337. The van der Waals surface area contributed by atoms with E-state index in [1.165, 1.54) is 19.3 Å². The Kier molecular flexibility index (Phi) is 7.59. The number of carbonyl (C=O) groups excluding carboxylic acids is 1. The Morgan fingerprint density at radius 1 is 1.15 bits per heavy atom. The van der Waals surface area contributed by atoms with Crippen molar-refractivity contribution >= 4 is 11.9 Å². The van der Waals surface area contributed by atoms with Crippen LogP contribution in [0.1, 0.15) is 58.3 Å². The van der Waals surface area contributed by atoms with Crippen LogP contribution in [0, 0.1) is 5.41 Å². The van der Waals surface area contributed by atoms with Gasteiger partial charge in [-0.1, -0.05) is 32.6 Å². The van der Waals surface area contributed by atoms with Gasteiger partial charge in [-0.2, -0.15) is 0 Å². The quantitative estimate of drug-likeness (QED) is 0.638. The van der Waals surface area contributed by atoms with Gasteiger partial charge in [-0.25, -0.2) is 0 Å². The molecule has 1 heterocycles. The fourth-order valence-corrected chi connectivity index (χ4v) is 2.47. The van der Waals surface area contributed by atoms with Gasteiger partial charge in [-0.3, -0.25) is 9.59 Å². The second-order valence-electron chi connectivity index (χ2n) is 5.64. The molecule has 0 aliphatic carbocycles. The first-order chi connectivity index (χ1) is 9.60. The van der Waals surface area contributed by atoms with Crippen LogP contribution in [0.15, 0.2) is 0 Å². The Morgan fingerprint density at radius 2 is 1.80 bits per heavy atom. The van der Waals surface area contributed by atoms with E-state index >= 15 is 0 Å². The second kappa shape index (κ2) is 8.95. The number of nitrogens with one attached hydrogen (secondary N) is 1. The van der Waals surface area contributed by atoms with Crippen molar-refractivity contribution < 1.29 is 19.4 Å². The highest BCUT2D eigenvalue weighted by Crippen LogP contribution is 2.30. The smallest absolute Gasteiger partial charge is 0.311 e. The van der Waals surface area contributed by atoms with E-state index in [4.69, 9.17) is 4.74 Å². The van der Waals surface area contributed by atoms with Gasteiger partial charge in [0.1, 0.15) is 0 Å². The highest BCUT2D eigenvalue weighted by Gasteiger charge is 2.40. The number of hydrogen-bond donors (Lipinski definition) is 2. The van der Waals surface area contributed by atoms with Crippen LogP contribution in [0.2, 0.25) is 0 Å². The number of amides is 1. The maximum Gasteiger partial charge on any atom is 0.311 e. The van der Waals surface area contributed by atoms with Crippen molar-refractivity contribution in [1.82, 2.24) is 5.32 Å². The van der Waals surface area contributed by atoms with Gasteiger partial charge in [-0.15, -0.1) is 0 Å². The number of rotatable bonds is 9. The van der Waals surface area contributed by atoms with Gasteiger partial charge in [0, 0.05) is 26.2 Å². The van der Waals surface area contributed by atoms with Gasteiger partial charge < -0.3 is 15.2 Å². The highest BCUT2D eigenvalue weighted by atomic mass is 16.5. The second-order valence-corrected chi connectivity index (χ2v) is 5.64. The van der Waals surface area contributed by atoms with E-state index in [0.29, 0.717) is 32.5 Å². The molecule has 1 aliphatic heterocycles. The predicted octanol–water partition coefficient (Wildman–Crippen LogP) is 2.34. The van der Waals surface area contributed by atoms with Crippen LogP contribution in [-0.4, -0.2) is 36.7 Å². The third-order valence-electron chi connectivity index (χ3n) is 4.03. The van der Waals surface area contributed by atoms with Gasteiger partial charge in [-0.05, 0) is 19.3 Å². The molecular weight excluding hydrogens is 258 g/mol. The number of carboxylic acids is 1. The van der Waals surface area contributed by atoms with Crippen LogP contribution in [0.5, 0.6) is 0 Å². The number of carboxylic acid groups (broad SMARTS) is 1. The molecule has 20 heavy (non-hydrogen) atoms. The number of hydrogen-bond acceptors (Lipinski definition) is 3. The highest BCUT2D eigenvalue weighted by molar-refractivity contribution is 5.79. The molecular formula is C15H27NO4. The van der Waals surface area contributed by atoms with Crippen molar-refractivity contribution in [2.75, 3.05) is 19.8 Å². The summed E-state index contributed by atoms with van der Waals surface area (Å²) in [7, 11) is 0. The Morgan fingerprint density at radius 3 is 2.40 bits per heavy atom. The third kappa shape index (κ3) is 5.49.